The van der Waals surface area contributed by atoms with Crippen molar-refractivity contribution in [1.82, 2.24) is 24.8 Å². The number of ether oxygens (including phenoxy) is 1. The van der Waals surface area contributed by atoms with Crippen LogP contribution in [0.4, 0.5) is 5.69 Å². The Balaban J connectivity index is 0.977. The molecule has 0 radical (unpaired) electrons. The molecule has 2 unspecified atom stereocenters. The SMILES string of the molecule is CN(C)c1ccc2c(-c3ccc(C(=O)NCCCCCC(=O)NC/C=C/c4cn([C@H]5C[C@H](O)[C@@H](COP(=O)(O)OP(=O)(O)OP(=O)(O)O)O5)c(=O)[nH]c4=O)cc3C(=O)[O-])c3ccc(=[N+](C)C)cc-3oc2c1. The second-order valence-corrected chi connectivity index (χ2v) is 20.9. The van der Waals surface area contributed by atoms with Gasteiger partial charge in [-0.3, -0.25) is 28.5 Å². The number of benzene rings is 3. The molecule has 6 rings (SSSR count). The van der Waals surface area contributed by atoms with Gasteiger partial charge in [0.1, 0.15) is 37.8 Å². The highest BCUT2D eigenvalue weighted by atomic mass is 31.3. The number of phosphoric acid groups is 3. The summed E-state index contributed by atoms with van der Waals surface area (Å²) in [5.74, 6) is -1.73. The van der Waals surface area contributed by atoms with Crippen molar-refractivity contribution in [3.05, 3.63) is 110 Å². The number of carboxylic acid groups (broad SMARTS) is 1. The summed E-state index contributed by atoms with van der Waals surface area (Å²) in [5, 5.41) is 30.1. The fourth-order valence-corrected chi connectivity index (χ4v) is 10.5. The van der Waals surface area contributed by atoms with E-state index in [1.807, 2.05) is 74.1 Å². The van der Waals surface area contributed by atoms with E-state index >= 15 is 0 Å². The number of aromatic amines is 1. The van der Waals surface area contributed by atoms with Gasteiger partial charge in [-0.2, -0.15) is 8.62 Å². The molecular formula is C43H51N6O19P3. The molecule has 0 saturated carbocycles. The van der Waals surface area contributed by atoms with Gasteiger partial charge in [-0.25, -0.2) is 23.1 Å². The molecule has 71 heavy (non-hydrogen) atoms. The molecule has 3 aromatic rings. The van der Waals surface area contributed by atoms with Gasteiger partial charge < -0.3 is 59.3 Å². The molecule has 8 N–H and O–H groups in total. The Morgan fingerprint density at radius 3 is 2.37 bits per heavy atom. The summed E-state index contributed by atoms with van der Waals surface area (Å²) < 4.78 is 61.0. The van der Waals surface area contributed by atoms with Gasteiger partial charge in [-0.1, -0.05) is 24.6 Å². The van der Waals surface area contributed by atoms with E-state index in [1.54, 1.807) is 12.1 Å². The average molecular weight is 1050 g/mol. The number of nitrogens with one attached hydrogen (secondary N) is 3. The zero-order valence-corrected chi connectivity index (χ0v) is 41.1. The van der Waals surface area contributed by atoms with Crippen molar-refractivity contribution in [2.45, 2.75) is 50.5 Å². The normalized spacial score (nSPS) is 17.8. The Morgan fingerprint density at radius 2 is 1.68 bits per heavy atom. The maximum absolute atomic E-state index is 13.2. The average Bonchev–Trinajstić information content (AvgIpc) is 3.65. The van der Waals surface area contributed by atoms with Gasteiger partial charge >= 0.3 is 29.2 Å². The topological polar surface area (TPSA) is 362 Å². The van der Waals surface area contributed by atoms with Crippen LogP contribution in [0, 0.1) is 0 Å². The van der Waals surface area contributed by atoms with Crippen molar-refractivity contribution in [1.29, 1.82) is 0 Å². The molecule has 2 amide bonds. The van der Waals surface area contributed by atoms with Gasteiger partial charge in [-0.15, -0.1) is 0 Å². The molecule has 25 nitrogen and oxygen atoms in total. The third kappa shape index (κ3) is 14.4. The summed E-state index contributed by atoms with van der Waals surface area (Å²) in [6, 6.07) is 15.7. The number of hydrogen-bond acceptors (Lipinski definition) is 16. The molecule has 1 aliphatic carbocycles. The van der Waals surface area contributed by atoms with Crippen LogP contribution in [-0.2, 0) is 36.4 Å². The molecule has 2 aromatic carbocycles. The second kappa shape index (κ2) is 22.7. The number of unbranched alkanes of at least 4 members (excludes halogenated alkanes) is 2. The zero-order valence-electron chi connectivity index (χ0n) is 38.5. The van der Waals surface area contributed by atoms with E-state index in [1.165, 1.54) is 18.2 Å². The minimum atomic E-state index is -5.79. The third-order valence-electron chi connectivity index (χ3n) is 10.9. The highest BCUT2D eigenvalue weighted by Gasteiger charge is 2.43. The predicted octanol–water partition coefficient (Wildman–Crippen LogP) is 1.63. The number of carboxylic acids is 1. The number of H-pyrrole nitrogens is 1. The number of nitrogens with zero attached hydrogens (tertiary/aromatic N) is 3. The molecule has 0 bridgehead atoms. The fraction of sp³-hybridized carbons (Fsp3) is 0.349. The molecule has 0 spiro atoms. The molecule has 3 heterocycles. The zero-order chi connectivity index (χ0) is 52.0. The Kier molecular flexibility index (Phi) is 17.4. The van der Waals surface area contributed by atoms with Gasteiger partial charge in [0.15, 0.2) is 0 Å². The van der Waals surface area contributed by atoms with E-state index in [-0.39, 0.29) is 48.5 Å². The first-order valence-corrected chi connectivity index (χ1v) is 26.1. The van der Waals surface area contributed by atoms with Crippen molar-refractivity contribution in [2.75, 3.05) is 52.8 Å². The number of amides is 2. The lowest BCUT2D eigenvalue weighted by atomic mass is 9.89. The number of carbonyl (C=O) groups excluding carboxylic acids is 3. The minimum absolute atomic E-state index is 0.0117. The van der Waals surface area contributed by atoms with Gasteiger partial charge in [-0.05, 0) is 48.7 Å². The number of anilines is 1. The molecule has 3 aliphatic rings. The lowest BCUT2D eigenvalue weighted by Crippen LogP contribution is -2.33. The Bertz CT molecular complexity index is 3180. The molecule has 1 saturated heterocycles. The third-order valence-corrected chi connectivity index (χ3v) is 14.7. The number of aromatic nitrogens is 2. The van der Waals surface area contributed by atoms with Crippen LogP contribution in [0.3, 0.4) is 0 Å². The first-order valence-electron chi connectivity index (χ1n) is 21.5. The highest BCUT2D eigenvalue weighted by Crippen LogP contribution is 2.66. The lowest BCUT2D eigenvalue weighted by molar-refractivity contribution is -0.255. The quantitative estimate of drug-likeness (QED) is 0.0224. The van der Waals surface area contributed by atoms with E-state index in [0.29, 0.717) is 52.7 Å². The van der Waals surface area contributed by atoms with E-state index in [0.717, 1.165) is 21.8 Å². The minimum Gasteiger partial charge on any atom is -0.545 e. The second-order valence-electron chi connectivity index (χ2n) is 16.5. The number of aliphatic hydroxyl groups is 1. The summed E-state index contributed by atoms with van der Waals surface area (Å²) in [6.45, 7) is -0.746. The van der Waals surface area contributed by atoms with Gasteiger partial charge in [0.2, 0.25) is 11.3 Å². The molecule has 382 valence electrons. The molecule has 5 atom stereocenters. The molecule has 2 aliphatic heterocycles. The molecule has 1 aromatic heterocycles. The number of fused-ring (bicyclic) bond motifs is 2. The maximum atomic E-state index is 13.2. The van der Waals surface area contributed by atoms with Crippen molar-refractivity contribution in [3.8, 4) is 22.5 Å². The smallest absolute Gasteiger partial charge is 0.490 e. The highest BCUT2D eigenvalue weighted by molar-refractivity contribution is 7.66. The van der Waals surface area contributed by atoms with Gasteiger partial charge in [0.25, 0.3) is 11.5 Å². The number of aromatic carboxylic acids is 1. The molecule has 28 heteroatoms. The van der Waals surface area contributed by atoms with Crippen molar-refractivity contribution in [3.63, 3.8) is 0 Å². The van der Waals surface area contributed by atoms with E-state index in [9.17, 15) is 57.7 Å². The first kappa shape index (κ1) is 54.4. The summed E-state index contributed by atoms with van der Waals surface area (Å²) in [6.07, 6.45) is 1.06. The van der Waals surface area contributed by atoms with Gasteiger partial charge in [0.05, 0.1) is 30.3 Å². The first-order chi connectivity index (χ1) is 33.3. The number of aliphatic hydroxyl groups excluding tert-OH is 1. The van der Waals surface area contributed by atoms with Crippen molar-refractivity contribution in [2.24, 2.45) is 0 Å². The van der Waals surface area contributed by atoms with Crippen molar-refractivity contribution >= 4 is 64.0 Å². The van der Waals surface area contributed by atoms with Crippen LogP contribution in [0.1, 0.15) is 64.6 Å². The monoisotopic (exact) mass is 1050 g/mol. The van der Waals surface area contributed by atoms with Crippen LogP contribution in [0.2, 0.25) is 0 Å². The number of phosphoric ester groups is 1. The van der Waals surface area contributed by atoms with Crippen LogP contribution in [-0.4, -0.2) is 112 Å². The number of carbonyl (C=O) groups is 3. The van der Waals surface area contributed by atoms with Crippen LogP contribution in [0.5, 0.6) is 0 Å². The van der Waals surface area contributed by atoms with E-state index < -0.39 is 71.6 Å². The lowest BCUT2D eigenvalue weighted by Gasteiger charge is -2.20. The molecule has 1 fully saturated rings. The standard InChI is InChI=1S/C43H51N6O19P3/c1-47(2)27-12-15-30-34(20-27)65-35-21-28(48(3)4)13-16-31(35)39(30)29-14-11-25(19-32(29)42(54)55)40(52)45-17-7-5-6-10-37(51)44-18-8-9-26-23-49(43(56)46-41(26)53)38-22-33(50)36(66-38)24-64-70(60,61)68-71(62,63)67-69(57,58)59/h8-9,11-16,19-21,23,33,36,38,50H,5-7,10,17-18,22,24H2,1-4H3,(H7-,44,45,46,51,52,53,54,55,56,57,58,59,60,61,62,63)/b9-8+/t33-,36+,38+/m0/s1. The van der Waals surface area contributed by atoms with E-state index in [4.69, 9.17) is 18.9 Å². The number of hydrogen-bond donors (Lipinski definition) is 8. The van der Waals surface area contributed by atoms with Crippen LogP contribution < -0.4 is 41.8 Å². The summed E-state index contributed by atoms with van der Waals surface area (Å²) in [7, 11) is -9.34. The Morgan fingerprint density at radius 1 is 0.944 bits per heavy atom. The van der Waals surface area contributed by atoms with Crippen molar-refractivity contribution < 1.29 is 80.2 Å². The van der Waals surface area contributed by atoms with Crippen LogP contribution in [0.25, 0.3) is 39.5 Å². The summed E-state index contributed by atoms with van der Waals surface area (Å²) >= 11 is 0. The number of rotatable bonds is 21. The summed E-state index contributed by atoms with van der Waals surface area (Å²) in [4.78, 5) is 104. The summed E-state index contributed by atoms with van der Waals surface area (Å²) in [5.41, 5.74) is 1.19. The largest absolute Gasteiger partial charge is 0.545 e. The van der Waals surface area contributed by atoms with Crippen LogP contribution in [0.15, 0.2) is 80.9 Å². The van der Waals surface area contributed by atoms with Gasteiger partial charge in [0, 0.05) is 91.7 Å². The fourth-order valence-electron chi connectivity index (χ4n) is 7.47. The molecular weight excluding hydrogens is 997 g/mol. The van der Waals surface area contributed by atoms with E-state index in [2.05, 4.69) is 28.8 Å². The Hall–Kier alpha value is -5.91. The van der Waals surface area contributed by atoms with Crippen LogP contribution >= 0.6 is 23.5 Å². The Labute approximate surface area is 403 Å². The maximum Gasteiger partial charge on any atom is 0.490 e. The predicted molar refractivity (Wildman–Crippen MR) is 253 cm³/mol.